The van der Waals surface area contributed by atoms with E-state index in [9.17, 15) is 0 Å². The summed E-state index contributed by atoms with van der Waals surface area (Å²) in [6.07, 6.45) is 2.92. The SMILES string of the molecule is Cc1cc([C@@H]2[C@H](c3ccccn3)NC(=S)N2CCCN2CCOCC2)c(C)n1-c1ccccc1Br. The second-order valence-electron chi connectivity index (χ2n) is 9.24. The first-order valence-electron chi connectivity index (χ1n) is 12.3. The summed E-state index contributed by atoms with van der Waals surface area (Å²) < 4.78 is 8.93. The lowest BCUT2D eigenvalue weighted by Crippen LogP contribution is -2.39. The fourth-order valence-electron chi connectivity index (χ4n) is 5.37. The molecule has 0 amide bonds. The van der Waals surface area contributed by atoms with Crippen LogP contribution in [0.1, 0.15) is 41.1 Å². The summed E-state index contributed by atoms with van der Waals surface area (Å²) in [5.41, 5.74) is 5.88. The third-order valence-corrected chi connectivity index (χ3v) is 8.08. The van der Waals surface area contributed by atoms with Crippen LogP contribution in [-0.2, 0) is 4.74 Å². The van der Waals surface area contributed by atoms with Crippen LogP contribution in [0.2, 0.25) is 0 Å². The van der Waals surface area contributed by atoms with Crippen molar-refractivity contribution in [3.05, 3.63) is 81.8 Å². The van der Waals surface area contributed by atoms with Crippen molar-refractivity contribution in [2.75, 3.05) is 39.4 Å². The molecule has 35 heavy (non-hydrogen) atoms. The molecule has 1 aromatic carbocycles. The van der Waals surface area contributed by atoms with Gasteiger partial charge in [-0.1, -0.05) is 18.2 Å². The number of pyridine rings is 1. The first kappa shape index (κ1) is 24.4. The molecule has 0 radical (unpaired) electrons. The van der Waals surface area contributed by atoms with Crippen molar-refractivity contribution in [1.29, 1.82) is 0 Å². The molecule has 2 aromatic heterocycles. The van der Waals surface area contributed by atoms with Gasteiger partial charge in [-0.2, -0.15) is 0 Å². The number of morpholine rings is 1. The van der Waals surface area contributed by atoms with Gasteiger partial charge in [-0.25, -0.2) is 0 Å². The van der Waals surface area contributed by atoms with E-state index in [2.05, 4.69) is 91.9 Å². The molecule has 0 bridgehead atoms. The smallest absolute Gasteiger partial charge is 0.170 e. The highest BCUT2D eigenvalue weighted by atomic mass is 79.9. The number of nitrogens with one attached hydrogen (secondary N) is 1. The number of hydrogen-bond donors (Lipinski definition) is 1. The van der Waals surface area contributed by atoms with Gasteiger partial charge >= 0.3 is 0 Å². The van der Waals surface area contributed by atoms with E-state index in [1.54, 1.807) is 0 Å². The highest BCUT2D eigenvalue weighted by Gasteiger charge is 2.41. The zero-order valence-electron chi connectivity index (χ0n) is 20.3. The number of nitrogens with zero attached hydrogens (tertiary/aromatic N) is 4. The van der Waals surface area contributed by atoms with Crippen LogP contribution in [0.4, 0.5) is 0 Å². The lowest BCUT2D eigenvalue weighted by atomic mass is 9.96. The van der Waals surface area contributed by atoms with E-state index in [0.717, 1.165) is 66.8 Å². The summed E-state index contributed by atoms with van der Waals surface area (Å²) >= 11 is 9.65. The van der Waals surface area contributed by atoms with Gasteiger partial charge in [0.05, 0.1) is 36.7 Å². The van der Waals surface area contributed by atoms with Gasteiger partial charge in [-0.15, -0.1) is 0 Å². The Morgan fingerprint density at radius 1 is 1.09 bits per heavy atom. The van der Waals surface area contributed by atoms with Crippen LogP contribution in [0.15, 0.2) is 59.2 Å². The van der Waals surface area contributed by atoms with Gasteiger partial charge in [0.25, 0.3) is 0 Å². The third-order valence-electron chi connectivity index (χ3n) is 7.06. The number of aromatic nitrogens is 2. The Morgan fingerprint density at radius 2 is 1.86 bits per heavy atom. The van der Waals surface area contributed by atoms with Crippen molar-refractivity contribution in [3.63, 3.8) is 0 Å². The monoisotopic (exact) mass is 553 g/mol. The average Bonchev–Trinajstić information content (AvgIpc) is 3.35. The minimum Gasteiger partial charge on any atom is -0.379 e. The van der Waals surface area contributed by atoms with Crippen LogP contribution in [-0.4, -0.2) is 63.9 Å². The number of rotatable bonds is 7. The number of para-hydroxylation sites is 1. The van der Waals surface area contributed by atoms with Crippen LogP contribution in [0.3, 0.4) is 0 Å². The lowest BCUT2D eigenvalue weighted by Gasteiger charge is -2.30. The second kappa shape index (κ2) is 10.8. The minimum atomic E-state index is 0.000232. The average molecular weight is 555 g/mol. The molecule has 2 atom stereocenters. The molecule has 2 saturated heterocycles. The van der Waals surface area contributed by atoms with Crippen LogP contribution in [0.25, 0.3) is 5.69 Å². The van der Waals surface area contributed by atoms with E-state index in [1.165, 1.54) is 17.0 Å². The van der Waals surface area contributed by atoms with Crippen molar-refractivity contribution in [3.8, 4) is 5.69 Å². The Labute approximate surface area is 221 Å². The second-order valence-corrected chi connectivity index (χ2v) is 10.5. The summed E-state index contributed by atoms with van der Waals surface area (Å²) in [6.45, 7) is 10.0. The standard InChI is InChI=1S/C27H32BrN5OS/c1-19-18-21(20(2)33(19)24-10-4-3-8-22(24)28)26-25(23-9-5-6-11-29-23)30-27(35)32(26)13-7-12-31-14-16-34-17-15-31/h3-6,8-11,18,25-26H,7,12-17H2,1-2H3,(H,30,35)/t25-,26+/m0/s1. The van der Waals surface area contributed by atoms with Gasteiger partial charge in [-0.05, 0) is 84.3 Å². The number of hydrogen-bond acceptors (Lipinski definition) is 4. The van der Waals surface area contributed by atoms with Crippen molar-refractivity contribution in [2.45, 2.75) is 32.4 Å². The van der Waals surface area contributed by atoms with E-state index < -0.39 is 0 Å². The topological polar surface area (TPSA) is 45.6 Å². The largest absolute Gasteiger partial charge is 0.379 e. The summed E-state index contributed by atoms with van der Waals surface area (Å²) in [4.78, 5) is 9.57. The lowest BCUT2D eigenvalue weighted by molar-refractivity contribution is 0.0365. The molecular formula is C27H32BrN5OS. The maximum absolute atomic E-state index is 5.90. The van der Waals surface area contributed by atoms with E-state index in [4.69, 9.17) is 21.9 Å². The highest BCUT2D eigenvalue weighted by molar-refractivity contribution is 9.10. The van der Waals surface area contributed by atoms with E-state index in [1.807, 2.05) is 12.3 Å². The summed E-state index contributed by atoms with van der Waals surface area (Å²) in [7, 11) is 0. The number of halogens is 1. The molecule has 5 rings (SSSR count). The molecule has 2 fully saturated rings. The maximum Gasteiger partial charge on any atom is 0.170 e. The van der Waals surface area contributed by atoms with E-state index in [-0.39, 0.29) is 12.1 Å². The Bertz CT molecular complexity index is 1180. The molecule has 6 nitrogen and oxygen atoms in total. The molecule has 3 aromatic rings. The van der Waals surface area contributed by atoms with Crippen LogP contribution < -0.4 is 5.32 Å². The summed E-state index contributed by atoms with van der Waals surface area (Å²) in [5.74, 6) is 0. The van der Waals surface area contributed by atoms with Crippen LogP contribution >= 0.6 is 28.1 Å². The van der Waals surface area contributed by atoms with Gasteiger partial charge in [0.2, 0.25) is 0 Å². The summed E-state index contributed by atoms with van der Waals surface area (Å²) in [5, 5.41) is 4.41. The number of benzene rings is 1. The van der Waals surface area contributed by atoms with Crippen molar-refractivity contribution >= 4 is 33.3 Å². The summed E-state index contributed by atoms with van der Waals surface area (Å²) in [6, 6.07) is 16.9. The van der Waals surface area contributed by atoms with Gasteiger partial charge in [0, 0.05) is 48.2 Å². The van der Waals surface area contributed by atoms with E-state index in [0.29, 0.717) is 0 Å². The van der Waals surface area contributed by atoms with Gasteiger partial charge in [0.15, 0.2) is 5.11 Å². The maximum atomic E-state index is 5.90. The zero-order valence-corrected chi connectivity index (χ0v) is 22.7. The molecule has 0 aliphatic carbocycles. The molecule has 184 valence electrons. The molecule has 2 aliphatic heterocycles. The first-order valence-corrected chi connectivity index (χ1v) is 13.5. The molecule has 2 aliphatic rings. The van der Waals surface area contributed by atoms with Crippen molar-refractivity contribution in [2.24, 2.45) is 0 Å². The molecular weight excluding hydrogens is 522 g/mol. The number of aryl methyl sites for hydroxylation is 1. The first-order chi connectivity index (χ1) is 17.0. The van der Waals surface area contributed by atoms with Gasteiger partial charge in [-0.3, -0.25) is 9.88 Å². The minimum absolute atomic E-state index is 0.000232. The Hall–Kier alpha value is -2.26. The molecule has 1 N–H and O–H groups in total. The predicted octanol–water partition coefficient (Wildman–Crippen LogP) is 4.95. The fourth-order valence-corrected chi connectivity index (χ4v) is 6.16. The van der Waals surface area contributed by atoms with Crippen molar-refractivity contribution < 1.29 is 4.74 Å². The van der Waals surface area contributed by atoms with Crippen molar-refractivity contribution in [1.82, 2.24) is 24.7 Å². The fraction of sp³-hybridized carbons (Fsp3) is 0.407. The number of ether oxygens (including phenoxy) is 1. The molecule has 0 unspecified atom stereocenters. The molecule has 0 saturated carbocycles. The zero-order chi connectivity index (χ0) is 24.4. The Kier molecular flexibility index (Phi) is 7.53. The molecule has 8 heteroatoms. The Morgan fingerprint density at radius 3 is 2.60 bits per heavy atom. The molecule has 4 heterocycles. The predicted molar refractivity (Wildman–Crippen MR) is 147 cm³/mol. The van der Waals surface area contributed by atoms with Gasteiger partial charge in [0.1, 0.15) is 0 Å². The highest BCUT2D eigenvalue weighted by Crippen LogP contribution is 2.41. The van der Waals surface area contributed by atoms with Crippen LogP contribution in [0.5, 0.6) is 0 Å². The van der Waals surface area contributed by atoms with E-state index >= 15 is 0 Å². The normalized spacial score (nSPS) is 20.9. The van der Waals surface area contributed by atoms with Gasteiger partial charge < -0.3 is 19.5 Å². The molecule has 0 spiro atoms. The quantitative estimate of drug-likeness (QED) is 0.418. The Balaban J connectivity index is 1.48. The number of thiocarbonyl (C=S) groups is 1. The third kappa shape index (κ3) is 5.03. The van der Waals surface area contributed by atoms with Crippen LogP contribution in [0, 0.1) is 13.8 Å².